The van der Waals surface area contributed by atoms with Gasteiger partial charge in [0.2, 0.25) is 0 Å². The number of rotatable bonds is 3. The first kappa shape index (κ1) is 16.5. The van der Waals surface area contributed by atoms with Gasteiger partial charge in [0, 0.05) is 0 Å². The Kier molecular flexibility index (Phi) is 4.60. The smallest absolute Gasteiger partial charge is 0.141 e. The maximum absolute atomic E-state index is 10.0. The molecule has 2 aromatic rings. The van der Waals surface area contributed by atoms with E-state index in [1.54, 1.807) is 26.0 Å². The second-order valence-electron chi connectivity index (χ2n) is 5.86. The van der Waals surface area contributed by atoms with Crippen LogP contribution in [0.4, 0.5) is 0 Å². The number of halogens is 1. The summed E-state index contributed by atoms with van der Waals surface area (Å²) in [5, 5.41) is 19.0. The van der Waals surface area contributed by atoms with Gasteiger partial charge in [-0.05, 0) is 84.6 Å². The molecule has 0 saturated carbocycles. The molecule has 114 valence electrons. The molecule has 0 heterocycles. The summed E-state index contributed by atoms with van der Waals surface area (Å²) in [6.45, 7) is 7.32. The summed E-state index contributed by atoms with van der Waals surface area (Å²) in [4.78, 5) is 0. The lowest BCUT2D eigenvalue weighted by Gasteiger charge is -2.19. The standard InChI is InChI=1S/C18H18BrNO2/c1-11-7-13(10-20)8-12(2)17(11)22-16-6-5-14(9-15(16)19)18(3,4)21/h5-9,21H,1-4H3. The average Bonchev–Trinajstić information content (AvgIpc) is 2.42. The number of ether oxygens (including phenoxy) is 1. The molecular formula is C18H18BrNO2. The van der Waals surface area contributed by atoms with Gasteiger partial charge in [-0.3, -0.25) is 0 Å². The minimum absolute atomic E-state index is 0.624. The van der Waals surface area contributed by atoms with E-state index in [1.807, 2.05) is 32.0 Å². The summed E-state index contributed by atoms with van der Waals surface area (Å²) in [6, 6.07) is 11.3. The van der Waals surface area contributed by atoms with E-state index in [4.69, 9.17) is 10.00 Å². The zero-order valence-corrected chi connectivity index (χ0v) is 14.7. The Hall–Kier alpha value is -1.83. The van der Waals surface area contributed by atoms with Gasteiger partial charge in [0.25, 0.3) is 0 Å². The van der Waals surface area contributed by atoms with Crippen molar-refractivity contribution in [2.24, 2.45) is 0 Å². The van der Waals surface area contributed by atoms with E-state index < -0.39 is 5.60 Å². The molecule has 0 amide bonds. The first-order valence-corrected chi connectivity index (χ1v) is 7.73. The van der Waals surface area contributed by atoms with Crippen LogP contribution in [0.5, 0.6) is 11.5 Å². The van der Waals surface area contributed by atoms with E-state index in [2.05, 4.69) is 22.0 Å². The van der Waals surface area contributed by atoms with Gasteiger partial charge in [0.1, 0.15) is 11.5 Å². The summed E-state index contributed by atoms with van der Waals surface area (Å²) in [7, 11) is 0. The van der Waals surface area contributed by atoms with Crippen molar-refractivity contribution in [3.05, 3.63) is 57.1 Å². The number of aryl methyl sites for hydroxylation is 2. The molecule has 2 rings (SSSR count). The highest BCUT2D eigenvalue weighted by atomic mass is 79.9. The average molecular weight is 360 g/mol. The molecule has 0 radical (unpaired) electrons. The van der Waals surface area contributed by atoms with Crippen LogP contribution in [0.1, 0.15) is 36.1 Å². The summed E-state index contributed by atoms with van der Waals surface area (Å²) >= 11 is 3.49. The Balaban J connectivity index is 2.39. The number of hydrogen-bond acceptors (Lipinski definition) is 3. The molecule has 0 saturated heterocycles. The first-order valence-electron chi connectivity index (χ1n) is 6.94. The van der Waals surface area contributed by atoms with Gasteiger partial charge in [-0.25, -0.2) is 0 Å². The molecule has 0 aromatic heterocycles. The molecule has 3 nitrogen and oxygen atoms in total. The lowest BCUT2D eigenvalue weighted by atomic mass is 9.98. The molecule has 0 aliphatic carbocycles. The van der Waals surface area contributed by atoms with Gasteiger partial charge < -0.3 is 9.84 Å². The van der Waals surface area contributed by atoms with Crippen molar-refractivity contribution in [1.29, 1.82) is 5.26 Å². The third-order valence-corrected chi connectivity index (χ3v) is 4.06. The van der Waals surface area contributed by atoms with E-state index in [0.717, 1.165) is 26.9 Å². The van der Waals surface area contributed by atoms with Crippen LogP contribution >= 0.6 is 15.9 Å². The molecule has 0 atom stereocenters. The van der Waals surface area contributed by atoms with Crippen LogP contribution in [0.15, 0.2) is 34.8 Å². The van der Waals surface area contributed by atoms with Crippen molar-refractivity contribution in [3.8, 4) is 17.6 Å². The minimum Gasteiger partial charge on any atom is -0.456 e. The molecular weight excluding hydrogens is 342 g/mol. The van der Waals surface area contributed by atoms with E-state index in [0.29, 0.717) is 11.3 Å². The van der Waals surface area contributed by atoms with Crippen LogP contribution in [-0.4, -0.2) is 5.11 Å². The topological polar surface area (TPSA) is 53.2 Å². The summed E-state index contributed by atoms with van der Waals surface area (Å²) in [5.41, 5.74) is 2.35. The third-order valence-electron chi connectivity index (χ3n) is 3.44. The van der Waals surface area contributed by atoms with Crippen LogP contribution in [0, 0.1) is 25.2 Å². The van der Waals surface area contributed by atoms with E-state index in [-0.39, 0.29) is 0 Å². The van der Waals surface area contributed by atoms with Gasteiger partial charge in [-0.2, -0.15) is 5.26 Å². The molecule has 0 fully saturated rings. The van der Waals surface area contributed by atoms with Crippen LogP contribution in [0.2, 0.25) is 0 Å². The number of nitriles is 1. The normalized spacial score (nSPS) is 11.1. The fraction of sp³-hybridized carbons (Fsp3) is 0.278. The predicted octanol–water partition coefficient (Wildman–Crippen LogP) is 4.96. The van der Waals surface area contributed by atoms with Crippen LogP contribution in [0.3, 0.4) is 0 Å². The van der Waals surface area contributed by atoms with Crippen molar-refractivity contribution in [2.45, 2.75) is 33.3 Å². The molecule has 2 aromatic carbocycles. The zero-order valence-electron chi connectivity index (χ0n) is 13.1. The monoisotopic (exact) mass is 359 g/mol. The van der Waals surface area contributed by atoms with Gasteiger partial charge in [-0.15, -0.1) is 0 Å². The predicted molar refractivity (Wildman–Crippen MR) is 90.1 cm³/mol. The highest BCUT2D eigenvalue weighted by molar-refractivity contribution is 9.10. The summed E-state index contributed by atoms with van der Waals surface area (Å²) < 4.78 is 6.77. The van der Waals surface area contributed by atoms with Crippen molar-refractivity contribution < 1.29 is 9.84 Å². The molecule has 0 aliphatic heterocycles. The summed E-state index contributed by atoms with van der Waals surface area (Å²) in [6.07, 6.45) is 0. The Morgan fingerprint density at radius 3 is 2.18 bits per heavy atom. The van der Waals surface area contributed by atoms with Gasteiger partial charge in [-0.1, -0.05) is 6.07 Å². The van der Waals surface area contributed by atoms with Crippen LogP contribution in [-0.2, 0) is 5.60 Å². The van der Waals surface area contributed by atoms with Crippen molar-refractivity contribution in [3.63, 3.8) is 0 Å². The highest BCUT2D eigenvalue weighted by Gasteiger charge is 2.18. The Labute approximate surface area is 139 Å². The van der Waals surface area contributed by atoms with E-state index in [9.17, 15) is 5.11 Å². The molecule has 0 spiro atoms. The number of nitrogens with zero attached hydrogens (tertiary/aromatic N) is 1. The Morgan fingerprint density at radius 2 is 1.73 bits per heavy atom. The maximum Gasteiger partial charge on any atom is 0.141 e. The number of aliphatic hydroxyl groups is 1. The Morgan fingerprint density at radius 1 is 1.14 bits per heavy atom. The second kappa shape index (κ2) is 6.12. The van der Waals surface area contributed by atoms with Gasteiger partial charge >= 0.3 is 0 Å². The van der Waals surface area contributed by atoms with E-state index in [1.165, 1.54) is 0 Å². The maximum atomic E-state index is 10.0. The second-order valence-corrected chi connectivity index (χ2v) is 6.71. The number of hydrogen-bond donors (Lipinski definition) is 1. The fourth-order valence-corrected chi connectivity index (χ4v) is 2.71. The zero-order chi connectivity index (χ0) is 16.5. The van der Waals surface area contributed by atoms with Crippen molar-refractivity contribution >= 4 is 15.9 Å². The fourth-order valence-electron chi connectivity index (χ4n) is 2.25. The van der Waals surface area contributed by atoms with Crippen molar-refractivity contribution in [1.82, 2.24) is 0 Å². The molecule has 0 aliphatic rings. The molecule has 0 bridgehead atoms. The molecule has 1 N–H and O–H groups in total. The molecule has 4 heteroatoms. The highest BCUT2D eigenvalue weighted by Crippen LogP contribution is 2.36. The third kappa shape index (κ3) is 3.49. The number of benzene rings is 2. The largest absolute Gasteiger partial charge is 0.456 e. The summed E-state index contributed by atoms with van der Waals surface area (Å²) in [5.74, 6) is 1.42. The first-order chi connectivity index (χ1) is 10.2. The van der Waals surface area contributed by atoms with Crippen molar-refractivity contribution in [2.75, 3.05) is 0 Å². The molecule has 0 unspecified atom stereocenters. The lowest BCUT2D eigenvalue weighted by molar-refractivity contribution is 0.0785. The lowest BCUT2D eigenvalue weighted by Crippen LogP contribution is -2.15. The quantitative estimate of drug-likeness (QED) is 0.842. The van der Waals surface area contributed by atoms with Crippen LogP contribution < -0.4 is 4.74 Å². The van der Waals surface area contributed by atoms with Crippen LogP contribution in [0.25, 0.3) is 0 Å². The van der Waals surface area contributed by atoms with Gasteiger partial charge in [0.05, 0.1) is 21.7 Å². The minimum atomic E-state index is -0.901. The Bertz CT molecular complexity index is 732. The SMILES string of the molecule is Cc1cc(C#N)cc(C)c1Oc1ccc(C(C)(C)O)cc1Br. The molecule has 22 heavy (non-hydrogen) atoms. The van der Waals surface area contributed by atoms with Gasteiger partial charge in [0.15, 0.2) is 0 Å². The van der Waals surface area contributed by atoms with E-state index >= 15 is 0 Å².